The number of aryl methyl sites for hydroxylation is 1. The molecule has 0 saturated heterocycles. The summed E-state index contributed by atoms with van der Waals surface area (Å²) < 4.78 is 1.97. The van der Waals surface area contributed by atoms with Crippen molar-refractivity contribution in [2.75, 3.05) is 7.05 Å². The second kappa shape index (κ2) is 9.94. The number of rotatable bonds is 8. The van der Waals surface area contributed by atoms with Crippen molar-refractivity contribution in [3.05, 3.63) is 42.1 Å². The topological polar surface area (TPSA) is 67.1 Å². The van der Waals surface area contributed by atoms with E-state index in [-0.39, 0.29) is 0 Å². The maximum Gasteiger partial charge on any atom is 0.191 e. The average Bonchev–Trinajstić information content (AvgIpc) is 3.04. The van der Waals surface area contributed by atoms with Gasteiger partial charge in [0.25, 0.3) is 0 Å². The van der Waals surface area contributed by atoms with Gasteiger partial charge in [0.1, 0.15) is 11.6 Å². The molecule has 0 aliphatic heterocycles. The molecular weight excluding hydrogens is 324 g/mol. The third kappa shape index (κ3) is 6.17. The fourth-order valence-corrected chi connectivity index (χ4v) is 2.80. The highest BCUT2D eigenvalue weighted by Gasteiger charge is 2.07. The summed E-state index contributed by atoms with van der Waals surface area (Å²) in [6.07, 6.45) is 9.25. The molecule has 26 heavy (non-hydrogen) atoms. The molecule has 2 heterocycles. The molecule has 0 aliphatic rings. The molecule has 6 nitrogen and oxygen atoms in total. The van der Waals surface area contributed by atoms with Crippen LogP contribution in [0.4, 0.5) is 0 Å². The Morgan fingerprint density at radius 1 is 1.19 bits per heavy atom. The zero-order chi connectivity index (χ0) is 18.9. The monoisotopic (exact) mass is 356 g/mol. The fraction of sp³-hybridized carbons (Fsp3) is 0.550. The molecule has 0 radical (unpaired) electrons. The minimum atomic E-state index is 0.407. The molecule has 2 aromatic rings. The van der Waals surface area contributed by atoms with Crippen LogP contribution in [0.15, 0.2) is 35.7 Å². The quantitative estimate of drug-likeness (QED) is 0.561. The normalized spacial score (nSPS) is 13.1. The number of aromatic nitrogens is 3. The van der Waals surface area contributed by atoms with E-state index >= 15 is 0 Å². The standard InChI is InChI=1S/C20H32N6/c1-15(2)7-6-8-16(3)25-20(21-5)24-14-18-9-10-19(23-13-18)26-12-11-22-17(26)4/h9-13,15-16H,6-8,14H2,1-5H3,(H2,21,24,25). The van der Waals surface area contributed by atoms with Crippen LogP contribution in [0, 0.1) is 12.8 Å². The van der Waals surface area contributed by atoms with Gasteiger partial charge in [-0.25, -0.2) is 9.97 Å². The minimum absolute atomic E-state index is 0.407. The Hall–Kier alpha value is -2.37. The first-order valence-electron chi connectivity index (χ1n) is 9.42. The molecule has 0 bridgehead atoms. The maximum atomic E-state index is 4.53. The summed E-state index contributed by atoms with van der Waals surface area (Å²) >= 11 is 0. The van der Waals surface area contributed by atoms with E-state index < -0.39 is 0 Å². The second-order valence-corrected chi connectivity index (χ2v) is 7.17. The summed E-state index contributed by atoms with van der Waals surface area (Å²) in [5.41, 5.74) is 1.11. The predicted octanol–water partition coefficient (Wildman–Crippen LogP) is 3.46. The molecule has 0 spiro atoms. The summed E-state index contributed by atoms with van der Waals surface area (Å²) in [6.45, 7) is 9.40. The molecule has 0 aliphatic carbocycles. The largest absolute Gasteiger partial charge is 0.354 e. The Morgan fingerprint density at radius 3 is 2.58 bits per heavy atom. The molecular formula is C20H32N6. The Kier molecular flexibility index (Phi) is 7.63. The molecule has 0 amide bonds. The van der Waals surface area contributed by atoms with Gasteiger partial charge < -0.3 is 10.6 Å². The SMILES string of the molecule is CN=C(NCc1ccc(-n2ccnc2C)nc1)NC(C)CCCC(C)C. The minimum Gasteiger partial charge on any atom is -0.354 e. The lowest BCUT2D eigenvalue weighted by Crippen LogP contribution is -2.41. The number of nitrogens with zero attached hydrogens (tertiary/aromatic N) is 4. The molecule has 2 rings (SSSR count). The number of pyridine rings is 1. The second-order valence-electron chi connectivity index (χ2n) is 7.17. The van der Waals surface area contributed by atoms with E-state index in [0.29, 0.717) is 12.6 Å². The number of aliphatic imine (C=N–C) groups is 1. The molecule has 2 aromatic heterocycles. The van der Waals surface area contributed by atoms with E-state index in [1.807, 2.05) is 30.0 Å². The number of imidazole rings is 1. The van der Waals surface area contributed by atoms with Gasteiger partial charge in [0.15, 0.2) is 5.96 Å². The molecule has 142 valence electrons. The van der Waals surface area contributed by atoms with Crippen molar-refractivity contribution in [3.8, 4) is 5.82 Å². The van der Waals surface area contributed by atoms with Crippen LogP contribution < -0.4 is 10.6 Å². The van der Waals surface area contributed by atoms with E-state index in [1.54, 1.807) is 13.2 Å². The van der Waals surface area contributed by atoms with Gasteiger partial charge in [-0.2, -0.15) is 0 Å². The lowest BCUT2D eigenvalue weighted by molar-refractivity contribution is 0.491. The van der Waals surface area contributed by atoms with E-state index in [4.69, 9.17) is 0 Å². The van der Waals surface area contributed by atoms with E-state index in [1.165, 1.54) is 12.8 Å². The predicted molar refractivity (Wildman–Crippen MR) is 108 cm³/mol. The van der Waals surface area contributed by atoms with Crippen LogP contribution in [-0.4, -0.2) is 33.6 Å². The number of hydrogen-bond donors (Lipinski definition) is 2. The first-order valence-corrected chi connectivity index (χ1v) is 9.42. The number of nitrogens with one attached hydrogen (secondary N) is 2. The average molecular weight is 357 g/mol. The number of guanidine groups is 1. The zero-order valence-electron chi connectivity index (χ0n) is 16.7. The van der Waals surface area contributed by atoms with Gasteiger partial charge in [0, 0.05) is 38.2 Å². The van der Waals surface area contributed by atoms with E-state index in [0.717, 1.165) is 35.5 Å². The Morgan fingerprint density at radius 2 is 2.00 bits per heavy atom. The first-order chi connectivity index (χ1) is 12.5. The highest BCUT2D eigenvalue weighted by atomic mass is 15.2. The van der Waals surface area contributed by atoms with Crippen molar-refractivity contribution in [1.82, 2.24) is 25.2 Å². The van der Waals surface area contributed by atoms with Crippen molar-refractivity contribution in [2.24, 2.45) is 10.9 Å². The summed E-state index contributed by atoms with van der Waals surface area (Å²) in [6, 6.07) is 4.49. The van der Waals surface area contributed by atoms with Gasteiger partial charge in [-0.15, -0.1) is 0 Å². The van der Waals surface area contributed by atoms with E-state index in [9.17, 15) is 0 Å². The molecule has 0 aromatic carbocycles. The van der Waals surface area contributed by atoms with Crippen molar-refractivity contribution >= 4 is 5.96 Å². The van der Waals surface area contributed by atoms with Crippen LogP contribution in [0.25, 0.3) is 5.82 Å². The van der Waals surface area contributed by atoms with Crippen LogP contribution in [0.3, 0.4) is 0 Å². The van der Waals surface area contributed by atoms with Crippen LogP contribution in [0.2, 0.25) is 0 Å². The summed E-state index contributed by atoms with van der Waals surface area (Å²) in [5, 5.41) is 6.82. The highest BCUT2D eigenvalue weighted by Crippen LogP contribution is 2.09. The van der Waals surface area contributed by atoms with Crippen LogP contribution in [0.5, 0.6) is 0 Å². The highest BCUT2D eigenvalue weighted by molar-refractivity contribution is 5.79. The molecule has 1 atom stereocenters. The summed E-state index contributed by atoms with van der Waals surface area (Å²) in [4.78, 5) is 13.1. The van der Waals surface area contributed by atoms with E-state index in [2.05, 4.69) is 52.4 Å². The van der Waals surface area contributed by atoms with Gasteiger partial charge >= 0.3 is 0 Å². The summed E-state index contributed by atoms with van der Waals surface area (Å²) in [7, 11) is 1.80. The van der Waals surface area contributed by atoms with Crippen molar-refractivity contribution in [1.29, 1.82) is 0 Å². The van der Waals surface area contributed by atoms with Crippen molar-refractivity contribution < 1.29 is 0 Å². The molecule has 0 saturated carbocycles. The van der Waals surface area contributed by atoms with Gasteiger partial charge in [-0.3, -0.25) is 9.56 Å². The van der Waals surface area contributed by atoms with Gasteiger partial charge in [0.05, 0.1) is 0 Å². The van der Waals surface area contributed by atoms with Crippen LogP contribution in [0.1, 0.15) is 51.4 Å². The van der Waals surface area contributed by atoms with Crippen LogP contribution in [-0.2, 0) is 6.54 Å². The van der Waals surface area contributed by atoms with Crippen LogP contribution >= 0.6 is 0 Å². The van der Waals surface area contributed by atoms with Gasteiger partial charge in [-0.05, 0) is 37.8 Å². The van der Waals surface area contributed by atoms with Gasteiger partial charge in [0.2, 0.25) is 0 Å². The molecule has 0 fully saturated rings. The van der Waals surface area contributed by atoms with Gasteiger partial charge in [-0.1, -0.05) is 32.8 Å². The zero-order valence-corrected chi connectivity index (χ0v) is 16.7. The molecule has 6 heteroatoms. The molecule has 2 N–H and O–H groups in total. The Bertz CT molecular complexity index is 687. The first kappa shape index (κ1) is 19.9. The number of hydrogen-bond acceptors (Lipinski definition) is 3. The van der Waals surface area contributed by atoms with Crippen molar-refractivity contribution in [3.63, 3.8) is 0 Å². The third-order valence-electron chi connectivity index (χ3n) is 4.37. The Labute approximate surface area is 157 Å². The maximum absolute atomic E-state index is 4.53. The molecule has 1 unspecified atom stereocenters. The smallest absolute Gasteiger partial charge is 0.191 e. The lowest BCUT2D eigenvalue weighted by Gasteiger charge is -2.18. The van der Waals surface area contributed by atoms with Crippen molar-refractivity contribution in [2.45, 2.75) is 59.5 Å². The fourth-order valence-electron chi connectivity index (χ4n) is 2.80. The third-order valence-corrected chi connectivity index (χ3v) is 4.37. The summed E-state index contributed by atoms with van der Waals surface area (Å²) in [5.74, 6) is 3.40. The Balaban J connectivity index is 1.82. The lowest BCUT2D eigenvalue weighted by atomic mass is 10.0.